The Morgan fingerprint density at radius 1 is 1.31 bits per heavy atom. The number of fused-ring (bicyclic) bond motifs is 1. The predicted octanol–water partition coefficient (Wildman–Crippen LogP) is 4.73. The number of hydrogen-bond donors (Lipinski definition) is 2. The van der Waals surface area contributed by atoms with E-state index < -0.39 is 0 Å². The van der Waals surface area contributed by atoms with Crippen LogP contribution in [0.25, 0.3) is 22.3 Å². The second-order valence-corrected chi connectivity index (χ2v) is 7.77. The number of carbonyl (C=O) groups is 1. The van der Waals surface area contributed by atoms with Crippen molar-refractivity contribution < 1.29 is 13.6 Å². The molecule has 3 N–H and O–H groups in total. The Labute approximate surface area is 169 Å². The molecule has 1 unspecified atom stereocenters. The third-order valence-electron chi connectivity index (χ3n) is 6.01. The van der Waals surface area contributed by atoms with Gasteiger partial charge in [0.25, 0.3) is 5.91 Å². The summed E-state index contributed by atoms with van der Waals surface area (Å²) >= 11 is 0. The average Bonchev–Trinajstić information content (AvgIpc) is 3.30. The van der Waals surface area contributed by atoms with Crippen molar-refractivity contribution in [2.24, 2.45) is 0 Å². The van der Waals surface area contributed by atoms with Crippen molar-refractivity contribution in [1.82, 2.24) is 10.2 Å². The normalized spacial score (nSPS) is 18.3. The maximum absolute atomic E-state index is 13.4. The number of likely N-dealkylation sites (tertiary alicyclic amines) is 1. The highest BCUT2D eigenvalue weighted by Crippen LogP contribution is 2.39. The monoisotopic (exact) mass is 395 g/mol. The van der Waals surface area contributed by atoms with Gasteiger partial charge in [-0.25, -0.2) is 4.39 Å². The smallest absolute Gasteiger partial charge is 0.255 e. The van der Waals surface area contributed by atoms with Crippen LogP contribution < -0.4 is 11.1 Å². The Bertz CT molecular complexity index is 1060. The number of benzene rings is 2. The predicted molar refractivity (Wildman–Crippen MR) is 113 cm³/mol. The zero-order valence-electron chi connectivity index (χ0n) is 17.0. The second kappa shape index (κ2) is 7.52. The Morgan fingerprint density at radius 2 is 2.03 bits per heavy atom. The van der Waals surface area contributed by atoms with E-state index in [0.717, 1.165) is 12.1 Å². The number of nitrogens with one attached hydrogen (secondary N) is 1. The fraction of sp³-hybridized carbons (Fsp3) is 0.348. The molecule has 1 saturated heterocycles. The van der Waals surface area contributed by atoms with Crippen molar-refractivity contribution in [3.05, 3.63) is 53.3 Å². The van der Waals surface area contributed by atoms with Gasteiger partial charge in [0, 0.05) is 41.8 Å². The molecule has 0 radical (unpaired) electrons. The van der Waals surface area contributed by atoms with Crippen LogP contribution in [-0.2, 0) is 0 Å². The van der Waals surface area contributed by atoms with E-state index >= 15 is 0 Å². The summed E-state index contributed by atoms with van der Waals surface area (Å²) in [6.45, 7) is 5.42. The zero-order chi connectivity index (χ0) is 20.7. The van der Waals surface area contributed by atoms with E-state index in [1.54, 1.807) is 25.2 Å². The molecular weight excluding hydrogens is 369 g/mol. The number of nitrogen functional groups attached to an aromatic ring is 1. The van der Waals surface area contributed by atoms with Crippen molar-refractivity contribution in [3.63, 3.8) is 0 Å². The summed E-state index contributed by atoms with van der Waals surface area (Å²) in [6, 6.07) is 10.3. The van der Waals surface area contributed by atoms with Crippen LogP contribution in [-0.4, -0.2) is 30.4 Å². The molecule has 0 spiro atoms. The summed E-state index contributed by atoms with van der Waals surface area (Å²) in [4.78, 5) is 15.2. The first-order chi connectivity index (χ1) is 13.9. The van der Waals surface area contributed by atoms with E-state index in [4.69, 9.17) is 10.2 Å². The number of carbonyl (C=O) groups excluding carboxylic acids is 1. The van der Waals surface area contributed by atoms with E-state index in [1.807, 2.05) is 6.07 Å². The van der Waals surface area contributed by atoms with Gasteiger partial charge in [-0.05, 0) is 69.1 Å². The molecule has 4 rings (SSSR count). The second-order valence-electron chi connectivity index (χ2n) is 7.77. The Hall–Kier alpha value is -2.86. The van der Waals surface area contributed by atoms with Gasteiger partial charge in [-0.2, -0.15) is 0 Å². The molecule has 6 heteroatoms. The molecule has 3 aromatic rings. The SMILES string of the molecule is CNC(=O)c1c(-c2ccc(F)cc2)oc2cc(N)c(C(C)N3CCC[C@@H]3C)cc12. The van der Waals surface area contributed by atoms with E-state index in [1.165, 1.54) is 25.0 Å². The van der Waals surface area contributed by atoms with Gasteiger partial charge in [-0.3, -0.25) is 9.69 Å². The van der Waals surface area contributed by atoms with Gasteiger partial charge >= 0.3 is 0 Å². The molecule has 2 heterocycles. The first-order valence-electron chi connectivity index (χ1n) is 10.0. The summed E-state index contributed by atoms with van der Waals surface area (Å²) in [6.07, 6.45) is 2.36. The lowest BCUT2D eigenvalue weighted by atomic mass is 9.98. The summed E-state index contributed by atoms with van der Waals surface area (Å²) in [5.74, 6) is -0.175. The molecule has 152 valence electrons. The van der Waals surface area contributed by atoms with Crippen molar-refractivity contribution >= 4 is 22.6 Å². The minimum Gasteiger partial charge on any atom is -0.455 e. The number of furan rings is 1. The fourth-order valence-corrected chi connectivity index (χ4v) is 4.40. The lowest BCUT2D eigenvalue weighted by Crippen LogP contribution is -2.30. The molecule has 5 nitrogen and oxygen atoms in total. The summed E-state index contributed by atoms with van der Waals surface area (Å²) < 4.78 is 19.4. The Balaban J connectivity index is 1.88. The van der Waals surface area contributed by atoms with Crippen molar-refractivity contribution in [2.45, 2.75) is 38.8 Å². The zero-order valence-corrected chi connectivity index (χ0v) is 17.0. The van der Waals surface area contributed by atoms with Crippen LogP contribution in [0.5, 0.6) is 0 Å². The van der Waals surface area contributed by atoms with E-state index in [9.17, 15) is 9.18 Å². The largest absolute Gasteiger partial charge is 0.455 e. The lowest BCUT2D eigenvalue weighted by molar-refractivity contribution is 0.0964. The van der Waals surface area contributed by atoms with Gasteiger partial charge in [0.1, 0.15) is 17.2 Å². The van der Waals surface area contributed by atoms with Gasteiger partial charge in [0.2, 0.25) is 0 Å². The minimum absolute atomic E-state index is 0.138. The molecule has 2 aromatic carbocycles. The maximum atomic E-state index is 13.4. The van der Waals surface area contributed by atoms with Crippen LogP contribution >= 0.6 is 0 Å². The molecule has 29 heavy (non-hydrogen) atoms. The summed E-state index contributed by atoms with van der Waals surface area (Å²) in [5, 5.41) is 3.41. The van der Waals surface area contributed by atoms with Gasteiger partial charge in [-0.1, -0.05) is 0 Å². The van der Waals surface area contributed by atoms with Crippen molar-refractivity contribution in [1.29, 1.82) is 0 Å². The van der Waals surface area contributed by atoms with Crippen LogP contribution in [0.1, 0.15) is 48.7 Å². The maximum Gasteiger partial charge on any atom is 0.255 e. The number of hydrogen-bond acceptors (Lipinski definition) is 4. The molecule has 0 aliphatic carbocycles. The number of rotatable bonds is 4. The first-order valence-corrected chi connectivity index (χ1v) is 10.0. The number of nitrogens with two attached hydrogens (primary N) is 1. The van der Waals surface area contributed by atoms with Gasteiger partial charge in [-0.15, -0.1) is 0 Å². The van der Waals surface area contributed by atoms with Crippen LogP contribution in [0.3, 0.4) is 0 Å². The highest BCUT2D eigenvalue weighted by molar-refractivity contribution is 6.11. The van der Waals surface area contributed by atoms with Crippen molar-refractivity contribution in [2.75, 3.05) is 19.3 Å². The van der Waals surface area contributed by atoms with E-state index in [0.29, 0.717) is 39.6 Å². The fourth-order valence-electron chi connectivity index (χ4n) is 4.40. The number of amides is 1. The van der Waals surface area contributed by atoms with Gasteiger partial charge in [0.05, 0.1) is 5.56 Å². The standard InChI is InChI=1S/C23H26FN3O2/c1-13-5-4-10-27(13)14(2)17-11-18-20(12-19(17)25)29-22(21(18)23(28)26-3)15-6-8-16(24)9-7-15/h6-9,11-14H,4-5,10,25H2,1-3H3,(H,26,28)/t13-,14?/m0/s1. The summed E-state index contributed by atoms with van der Waals surface area (Å²) in [5.41, 5.74) is 9.65. The van der Waals surface area contributed by atoms with Gasteiger partial charge in [0.15, 0.2) is 0 Å². The van der Waals surface area contributed by atoms with E-state index in [-0.39, 0.29) is 17.8 Å². The van der Waals surface area contributed by atoms with Gasteiger partial charge < -0.3 is 15.5 Å². The molecule has 0 saturated carbocycles. The highest BCUT2D eigenvalue weighted by atomic mass is 19.1. The Morgan fingerprint density at radius 3 is 2.66 bits per heavy atom. The molecular formula is C23H26FN3O2. The number of nitrogens with zero attached hydrogens (tertiary/aromatic N) is 1. The average molecular weight is 395 g/mol. The topological polar surface area (TPSA) is 71.5 Å². The summed E-state index contributed by atoms with van der Waals surface area (Å²) in [7, 11) is 1.59. The van der Waals surface area contributed by atoms with Crippen LogP contribution in [0.4, 0.5) is 10.1 Å². The van der Waals surface area contributed by atoms with Crippen molar-refractivity contribution in [3.8, 4) is 11.3 Å². The van der Waals surface area contributed by atoms with Crippen LogP contribution in [0.15, 0.2) is 40.8 Å². The number of halogens is 1. The molecule has 1 aliphatic rings. The first kappa shape index (κ1) is 19.5. The quantitative estimate of drug-likeness (QED) is 0.627. The van der Waals surface area contributed by atoms with Crippen LogP contribution in [0.2, 0.25) is 0 Å². The third-order valence-corrected chi connectivity index (χ3v) is 6.01. The highest BCUT2D eigenvalue weighted by Gasteiger charge is 2.29. The Kier molecular flexibility index (Phi) is 5.04. The lowest BCUT2D eigenvalue weighted by Gasteiger charge is -2.29. The third kappa shape index (κ3) is 3.38. The minimum atomic E-state index is -0.341. The molecule has 0 bridgehead atoms. The number of anilines is 1. The molecule has 1 aliphatic heterocycles. The molecule has 1 fully saturated rings. The van der Waals surface area contributed by atoms with Crippen LogP contribution in [0, 0.1) is 5.82 Å². The molecule has 1 amide bonds. The molecule has 1 aromatic heterocycles. The molecule has 2 atom stereocenters. The van der Waals surface area contributed by atoms with E-state index in [2.05, 4.69) is 24.1 Å².